The largest absolute Gasteiger partial charge is 0.491 e. The minimum Gasteiger partial charge on any atom is -0.491 e. The molecule has 2 atom stereocenters. The van der Waals surface area contributed by atoms with E-state index < -0.39 is 0 Å². The summed E-state index contributed by atoms with van der Waals surface area (Å²) in [6.45, 7) is 7.18. The van der Waals surface area contributed by atoms with Crippen LogP contribution in [0.15, 0.2) is 42.5 Å². The van der Waals surface area contributed by atoms with Gasteiger partial charge in [0.1, 0.15) is 18.2 Å². The molecule has 0 bridgehead atoms. The molecule has 2 unspecified atom stereocenters. The lowest BCUT2D eigenvalue weighted by Crippen LogP contribution is -2.49. The molecule has 3 heterocycles. The summed E-state index contributed by atoms with van der Waals surface area (Å²) in [5, 5.41) is 0. The number of hydrogen-bond donors (Lipinski definition) is 0. The molecule has 2 aromatic carbocycles. The van der Waals surface area contributed by atoms with E-state index in [0.717, 1.165) is 32.7 Å². The van der Waals surface area contributed by atoms with Crippen LogP contribution in [-0.4, -0.2) is 70.5 Å². The van der Waals surface area contributed by atoms with Gasteiger partial charge < -0.3 is 24.2 Å². The Balaban J connectivity index is 1.10. The highest BCUT2D eigenvalue weighted by Gasteiger charge is 2.44. The summed E-state index contributed by atoms with van der Waals surface area (Å²) in [5.41, 5.74) is 4.41. The van der Waals surface area contributed by atoms with Crippen LogP contribution in [0.25, 0.3) is 0 Å². The Morgan fingerprint density at radius 1 is 1.00 bits per heavy atom. The molecule has 3 aliphatic rings. The first kappa shape index (κ1) is 19.6. The number of rotatable bonds is 7. The van der Waals surface area contributed by atoms with Crippen molar-refractivity contribution in [2.75, 3.05) is 69.4 Å². The van der Waals surface area contributed by atoms with Crippen LogP contribution in [0.2, 0.25) is 0 Å². The van der Waals surface area contributed by atoms with Gasteiger partial charge in [-0.3, -0.25) is 0 Å². The molecule has 160 valence electrons. The molecule has 2 aromatic rings. The van der Waals surface area contributed by atoms with Gasteiger partial charge in [-0.25, -0.2) is 4.39 Å². The minimum atomic E-state index is -0.250. The molecule has 1 saturated heterocycles. The van der Waals surface area contributed by atoms with Crippen molar-refractivity contribution in [3.63, 3.8) is 0 Å². The van der Waals surface area contributed by atoms with Crippen molar-refractivity contribution in [1.29, 1.82) is 0 Å². The van der Waals surface area contributed by atoms with Gasteiger partial charge in [0.25, 0.3) is 0 Å². The van der Waals surface area contributed by atoms with Crippen LogP contribution in [0.3, 0.4) is 0 Å². The monoisotopic (exact) mass is 411 g/mol. The Morgan fingerprint density at radius 3 is 2.73 bits per heavy atom. The number of ether oxygens (including phenoxy) is 2. The summed E-state index contributed by atoms with van der Waals surface area (Å²) in [7, 11) is 2.21. The number of nitrogens with zero attached hydrogens (tertiary/aromatic N) is 3. The molecule has 0 amide bonds. The van der Waals surface area contributed by atoms with E-state index in [1.54, 1.807) is 12.1 Å². The predicted octanol–water partition coefficient (Wildman–Crippen LogP) is 3.35. The number of likely N-dealkylation sites (tertiary alicyclic amines) is 1. The number of benzene rings is 2. The molecule has 1 fully saturated rings. The van der Waals surface area contributed by atoms with Crippen LogP contribution in [-0.2, 0) is 4.74 Å². The second-order valence-electron chi connectivity index (χ2n) is 8.51. The normalized spacial score (nSPS) is 22.7. The molecule has 0 saturated carbocycles. The molecule has 0 aliphatic carbocycles. The lowest BCUT2D eigenvalue weighted by Gasteiger charge is -2.41. The van der Waals surface area contributed by atoms with E-state index in [0.29, 0.717) is 37.5 Å². The van der Waals surface area contributed by atoms with E-state index >= 15 is 0 Å². The smallest absolute Gasteiger partial charge is 0.123 e. The van der Waals surface area contributed by atoms with Crippen molar-refractivity contribution in [2.24, 2.45) is 0 Å². The lowest BCUT2D eigenvalue weighted by atomic mass is 9.89. The molecule has 0 radical (unpaired) electrons. The van der Waals surface area contributed by atoms with E-state index in [4.69, 9.17) is 9.47 Å². The Hall–Kier alpha value is -2.31. The Labute approximate surface area is 178 Å². The molecule has 0 spiro atoms. The molecule has 30 heavy (non-hydrogen) atoms. The van der Waals surface area contributed by atoms with Crippen LogP contribution in [0, 0.1) is 5.82 Å². The van der Waals surface area contributed by atoms with Gasteiger partial charge >= 0.3 is 0 Å². The topological polar surface area (TPSA) is 28.2 Å². The quantitative estimate of drug-likeness (QED) is 0.652. The Kier molecular flexibility index (Phi) is 5.52. The number of para-hydroxylation sites is 1. The zero-order valence-corrected chi connectivity index (χ0v) is 17.6. The summed E-state index contributed by atoms with van der Waals surface area (Å²) < 4.78 is 24.3. The molecule has 5 nitrogen and oxygen atoms in total. The second kappa shape index (κ2) is 8.44. The summed E-state index contributed by atoms with van der Waals surface area (Å²) in [5.74, 6) is 1.02. The highest BCUT2D eigenvalue weighted by Crippen LogP contribution is 2.50. The molecule has 5 rings (SSSR count). The summed E-state index contributed by atoms with van der Waals surface area (Å²) in [4.78, 5) is 7.62. The van der Waals surface area contributed by atoms with Gasteiger partial charge in [0.05, 0.1) is 24.6 Å². The van der Waals surface area contributed by atoms with E-state index in [1.807, 2.05) is 0 Å². The maximum atomic E-state index is 12.9. The van der Waals surface area contributed by atoms with Gasteiger partial charge in [0, 0.05) is 51.7 Å². The lowest BCUT2D eigenvalue weighted by molar-refractivity contribution is 0.0709. The summed E-state index contributed by atoms with van der Waals surface area (Å²) >= 11 is 0. The van der Waals surface area contributed by atoms with Crippen molar-refractivity contribution < 1.29 is 13.9 Å². The van der Waals surface area contributed by atoms with E-state index in [1.165, 1.54) is 35.5 Å². The van der Waals surface area contributed by atoms with Gasteiger partial charge in [0.15, 0.2) is 0 Å². The van der Waals surface area contributed by atoms with Crippen LogP contribution >= 0.6 is 0 Å². The molecule has 0 aromatic heterocycles. The highest BCUT2D eigenvalue weighted by molar-refractivity contribution is 5.80. The fourth-order valence-corrected chi connectivity index (χ4v) is 5.22. The van der Waals surface area contributed by atoms with Gasteiger partial charge in [-0.15, -0.1) is 0 Å². The molecule has 6 heteroatoms. The first-order valence-electron chi connectivity index (χ1n) is 11.0. The van der Waals surface area contributed by atoms with E-state index in [9.17, 15) is 4.39 Å². The van der Waals surface area contributed by atoms with Crippen molar-refractivity contribution in [3.8, 4) is 5.75 Å². The number of halogens is 1. The highest BCUT2D eigenvalue weighted by atomic mass is 19.1. The van der Waals surface area contributed by atoms with Gasteiger partial charge in [-0.05, 0) is 42.3 Å². The average Bonchev–Trinajstić information content (AvgIpc) is 3.09. The van der Waals surface area contributed by atoms with Gasteiger partial charge in [-0.1, -0.05) is 12.1 Å². The summed E-state index contributed by atoms with van der Waals surface area (Å²) in [6, 6.07) is 13.6. The van der Waals surface area contributed by atoms with Crippen LogP contribution in [0.5, 0.6) is 5.75 Å². The number of fused-ring (bicyclic) bond motifs is 3. The van der Waals surface area contributed by atoms with Crippen molar-refractivity contribution in [2.45, 2.75) is 18.4 Å². The Bertz CT molecular complexity index is 875. The zero-order chi connectivity index (χ0) is 20.5. The molecular formula is C24H30FN3O2. The van der Waals surface area contributed by atoms with Gasteiger partial charge in [-0.2, -0.15) is 0 Å². The van der Waals surface area contributed by atoms with Crippen LogP contribution < -0.4 is 14.5 Å². The zero-order valence-electron chi connectivity index (χ0n) is 17.6. The SMILES string of the molecule is CN1CCN2c3c(cccc31)C1CN(CCOCCOc3ccc(F)cc3)CCC12. The average molecular weight is 412 g/mol. The predicted molar refractivity (Wildman–Crippen MR) is 117 cm³/mol. The molecule has 0 N–H and O–H groups in total. The summed E-state index contributed by atoms with van der Waals surface area (Å²) in [6.07, 6.45) is 1.22. The molecule has 3 aliphatic heterocycles. The fourth-order valence-electron chi connectivity index (χ4n) is 5.22. The van der Waals surface area contributed by atoms with Crippen LogP contribution in [0.1, 0.15) is 17.9 Å². The van der Waals surface area contributed by atoms with E-state index in [2.05, 4.69) is 39.9 Å². The molecular weight excluding hydrogens is 381 g/mol. The number of likely N-dealkylation sites (N-methyl/N-ethyl adjacent to an activating group) is 1. The van der Waals surface area contributed by atoms with Crippen LogP contribution in [0.4, 0.5) is 15.8 Å². The van der Waals surface area contributed by atoms with Crippen molar-refractivity contribution in [3.05, 3.63) is 53.8 Å². The van der Waals surface area contributed by atoms with Crippen molar-refractivity contribution in [1.82, 2.24) is 4.90 Å². The number of piperidine rings is 1. The first-order valence-corrected chi connectivity index (χ1v) is 11.0. The third-order valence-electron chi connectivity index (χ3n) is 6.74. The Morgan fingerprint density at radius 2 is 1.87 bits per heavy atom. The number of hydrogen-bond acceptors (Lipinski definition) is 5. The van der Waals surface area contributed by atoms with Crippen molar-refractivity contribution >= 4 is 11.4 Å². The second-order valence-corrected chi connectivity index (χ2v) is 8.51. The maximum Gasteiger partial charge on any atom is 0.123 e. The maximum absolute atomic E-state index is 12.9. The minimum absolute atomic E-state index is 0.250. The van der Waals surface area contributed by atoms with E-state index in [-0.39, 0.29) is 5.82 Å². The fraction of sp³-hybridized carbons (Fsp3) is 0.500. The first-order chi connectivity index (χ1) is 14.7. The number of anilines is 2. The van der Waals surface area contributed by atoms with Gasteiger partial charge in [0.2, 0.25) is 0 Å². The third kappa shape index (κ3) is 3.74. The third-order valence-corrected chi connectivity index (χ3v) is 6.74. The standard InChI is InChI=1S/C24H30FN3O2/c1-26-11-12-28-22-9-10-27(17-21(22)20-3-2-4-23(26)24(20)28)13-14-29-15-16-30-19-7-5-18(25)6-8-19/h2-8,21-22H,9-17H2,1H3.